The quantitative estimate of drug-likeness (QED) is 0.488. The molecule has 0 atom stereocenters. The molecule has 0 saturated carbocycles. The van der Waals surface area contributed by atoms with Gasteiger partial charge in [-0.1, -0.05) is 24.3 Å². The maximum absolute atomic E-state index is 10.8. The molecular weight excluding hydrogens is 276 g/mol. The van der Waals surface area contributed by atoms with E-state index in [1.54, 1.807) is 26.2 Å². The Morgan fingerprint density at radius 1 is 1.00 bits per heavy atom. The normalized spacial score (nSPS) is 9.00. The number of methoxy groups -OCH3 is 1. The van der Waals surface area contributed by atoms with Crippen LogP contribution in [0.3, 0.4) is 0 Å². The maximum Gasteiger partial charge on any atom is 0.308 e. The summed E-state index contributed by atoms with van der Waals surface area (Å²) in [5.74, 6) is 3.38. The molecule has 0 aliphatic heterocycles. The van der Waals surface area contributed by atoms with Crippen LogP contribution in [0.15, 0.2) is 48.5 Å². The van der Waals surface area contributed by atoms with Crippen LogP contribution in [0.1, 0.15) is 25.0 Å². The summed E-state index contributed by atoms with van der Waals surface area (Å²) < 4.78 is 10.1. The van der Waals surface area contributed by atoms with E-state index in [-0.39, 0.29) is 5.97 Å². The van der Waals surface area contributed by atoms with Crippen molar-refractivity contribution < 1.29 is 14.3 Å². The zero-order valence-corrected chi connectivity index (χ0v) is 13.1. The van der Waals surface area contributed by atoms with Gasteiger partial charge in [0.15, 0.2) is 0 Å². The van der Waals surface area contributed by atoms with Crippen LogP contribution in [0.4, 0.5) is 0 Å². The average molecular weight is 296 g/mol. The third-order valence-corrected chi connectivity index (χ3v) is 2.75. The summed E-state index contributed by atoms with van der Waals surface area (Å²) in [7, 11) is 1.66. The fourth-order valence-corrected chi connectivity index (χ4v) is 1.82. The second kappa shape index (κ2) is 9.25. The minimum atomic E-state index is -0.303. The predicted molar refractivity (Wildman–Crippen MR) is 88.1 cm³/mol. The van der Waals surface area contributed by atoms with E-state index in [0.717, 1.165) is 12.2 Å². The largest absolute Gasteiger partial charge is 0.497 e. The molecular formula is C19H20O3. The smallest absolute Gasteiger partial charge is 0.308 e. The summed E-state index contributed by atoms with van der Waals surface area (Å²) in [5, 5.41) is 0. The molecule has 0 radical (unpaired) electrons. The van der Waals surface area contributed by atoms with Crippen molar-refractivity contribution in [2.75, 3.05) is 7.11 Å². The van der Waals surface area contributed by atoms with E-state index in [0.29, 0.717) is 5.75 Å². The monoisotopic (exact) mass is 296 g/mol. The molecule has 0 saturated heterocycles. The summed E-state index contributed by atoms with van der Waals surface area (Å²) in [5.41, 5.74) is 2.38. The average Bonchev–Trinajstić information content (AvgIpc) is 2.50. The lowest BCUT2D eigenvalue weighted by molar-refractivity contribution is -0.131. The Kier molecular flexibility index (Phi) is 7.28. The Bertz CT molecular complexity index is 619. The van der Waals surface area contributed by atoms with E-state index in [1.807, 2.05) is 36.4 Å². The van der Waals surface area contributed by atoms with Gasteiger partial charge in [0.05, 0.1) is 7.11 Å². The van der Waals surface area contributed by atoms with Crippen molar-refractivity contribution >= 4 is 5.97 Å². The number of carbonyl (C=O) groups is 1. The third-order valence-electron chi connectivity index (χ3n) is 2.75. The molecule has 3 nitrogen and oxygen atoms in total. The van der Waals surface area contributed by atoms with Crippen LogP contribution in [0.2, 0.25) is 0 Å². The number of carbonyl (C=O) groups excluding carboxylic acids is 1. The highest BCUT2D eigenvalue weighted by molar-refractivity contribution is 5.69. The Balaban J connectivity index is 0.000000745. The molecule has 0 fully saturated rings. The van der Waals surface area contributed by atoms with Crippen molar-refractivity contribution in [1.82, 2.24) is 0 Å². The van der Waals surface area contributed by atoms with Crippen LogP contribution in [-0.4, -0.2) is 13.1 Å². The molecule has 0 spiro atoms. The fraction of sp³-hybridized carbons (Fsp3) is 0.211. The zero-order chi connectivity index (χ0) is 16.4. The highest BCUT2D eigenvalue weighted by Gasteiger charge is 2.00. The van der Waals surface area contributed by atoms with Crippen molar-refractivity contribution in [1.29, 1.82) is 0 Å². The molecule has 0 unspecified atom stereocenters. The van der Waals surface area contributed by atoms with Gasteiger partial charge in [-0.25, -0.2) is 0 Å². The first-order valence-electron chi connectivity index (χ1n) is 6.86. The van der Waals surface area contributed by atoms with E-state index in [9.17, 15) is 4.79 Å². The third kappa shape index (κ3) is 6.15. The molecule has 2 aromatic carbocycles. The van der Waals surface area contributed by atoms with Crippen molar-refractivity contribution in [2.45, 2.75) is 20.3 Å². The highest BCUT2D eigenvalue weighted by Crippen LogP contribution is 2.17. The van der Waals surface area contributed by atoms with E-state index >= 15 is 0 Å². The van der Waals surface area contributed by atoms with Gasteiger partial charge in [0.25, 0.3) is 0 Å². The summed E-state index contributed by atoms with van der Waals surface area (Å²) in [6.07, 6.45) is 5.43. The molecule has 2 rings (SSSR count). The van der Waals surface area contributed by atoms with Gasteiger partial charge >= 0.3 is 5.97 Å². The first-order chi connectivity index (χ1) is 10.6. The second-order valence-corrected chi connectivity index (χ2v) is 4.55. The molecule has 0 aliphatic rings. The lowest BCUT2D eigenvalue weighted by atomic mass is 10.0. The fourth-order valence-electron chi connectivity index (χ4n) is 1.82. The van der Waals surface area contributed by atoms with Gasteiger partial charge in [-0.2, -0.15) is 0 Å². The van der Waals surface area contributed by atoms with Crippen LogP contribution in [0, 0.1) is 12.3 Å². The molecule has 3 heteroatoms. The van der Waals surface area contributed by atoms with Crippen LogP contribution in [-0.2, 0) is 11.2 Å². The molecule has 0 aliphatic carbocycles. The Hall–Kier alpha value is -2.73. The van der Waals surface area contributed by atoms with E-state index in [4.69, 9.17) is 9.47 Å². The number of esters is 1. The van der Waals surface area contributed by atoms with Crippen molar-refractivity contribution in [3.8, 4) is 23.8 Å². The topological polar surface area (TPSA) is 35.5 Å². The lowest BCUT2D eigenvalue weighted by Crippen LogP contribution is -2.01. The van der Waals surface area contributed by atoms with Crippen LogP contribution in [0.25, 0.3) is 0 Å². The SMILES string of the molecule is C#CC.COc1ccc(Cc2ccc(OC(C)=O)cc2)cc1. The van der Waals surface area contributed by atoms with Gasteiger partial charge < -0.3 is 9.47 Å². The van der Waals surface area contributed by atoms with E-state index < -0.39 is 0 Å². The number of ether oxygens (including phenoxy) is 2. The van der Waals surface area contributed by atoms with Gasteiger partial charge in [0, 0.05) is 6.92 Å². The zero-order valence-electron chi connectivity index (χ0n) is 13.1. The van der Waals surface area contributed by atoms with Crippen LogP contribution < -0.4 is 9.47 Å². The van der Waals surface area contributed by atoms with E-state index in [1.165, 1.54) is 18.1 Å². The van der Waals surface area contributed by atoms with E-state index in [2.05, 4.69) is 12.3 Å². The van der Waals surface area contributed by atoms with Crippen molar-refractivity contribution in [3.05, 3.63) is 59.7 Å². The molecule has 0 N–H and O–H groups in total. The molecule has 2 aromatic rings. The molecule has 22 heavy (non-hydrogen) atoms. The number of terminal acetylenes is 1. The van der Waals surface area contributed by atoms with Gasteiger partial charge in [-0.15, -0.1) is 12.3 Å². The molecule has 0 bridgehead atoms. The van der Waals surface area contributed by atoms with Crippen LogP contribution >= 0.6 is 0 Å². The number of rotatable bonds is 4. The summed E-state index contributed by atoms with van der Waals surface area (Å²) in [6, 6.07) is 15.5. The molecule has 0 aromatic heterocycles. The van der Waals surface area contributed by atoms with Crippen molar-refractivity contribution in [2.24, 2.45) is 0 Å². The lowest BCUT2D eigenvalue weighted by Gasteiger charge is -2.05. The predicted octanol–water partition coefficient (Wildman–Crippen LogP) is 3.85. The number of hydrogen-bond donors (Lipinski definition) is 0. The molecule has 0 amide bonds. The summed E-state index contributed by atoms with van der Waals surface area (Å²) in [4.78, 5) is 10.8. The van der Waals surface area contributed by atoms with Crippen molar-refractivity contribution in [3.63, 3.8) is 0 Å². The van der Waals surface area contributed by atoms with Gasteiger partial charge in [-0.05, 0) is 48.7 Å². The minimum absolute atomic E-state index is 0.303. The number of hydrogen-bond acceptors (Lipinski definition) is 3. The molecule has 0 heterocycles. The highest BCUT2D eigenvalue weighted by atomic mass is 16.5. The Labute approximate surface area is 131 Å². The first-order valence-corrected chi connectivity index (χ1v) is 6.86. The van der Waals surface area contributed by atoms with Gasteiger partial charge in [0.2, 0.25) is 0 Å². The standard InChI is InChI=1S/C16H16O3.C3H4/c1-12(17)19-16-9-5-14(6-10-16)11-13-3-7-15(18-2)8-4-13;1-3-2/h3-10H,11H2,1-2H3;1H,2H3. The maximum atomic E-state index is 10.8. The molecule has 114 valence electrons. The second-order valence-electron chi connectivity index (χ2n) is 4.55. The number of benzene rings is 2. The summed E-state index contributed by atoms with van der Waals surface area (Å²) in [6.45, 7) is 3.05. The van der Waals surface area contributed by atoms with Gasteiger partial charge in [0.1, 0.15) is 11.5 Å². The Morgan fingerprint density at radius 3 is 1.77 bits per heavy atom. The first kappa shape index (κ1) is 17.3. The Morgan fingerprint density at radius 2 is 1.41 bits per heavy atom. The summed E-state index contributed by atoms with van der Waals surface area (Å²) >= 11 is 0. The van der Waals surface area contributed by atoms with Crippen LogP contribution in [0.5, 0.6) is 11.5 Å². The van der Waals surface area contributed by atoms with Gasteiger partial charge in [-0.3, -0.25) is 4.79 Å². The minimum Gasteiger partial charge on any atom is -0.497 e.